The number of hydrogen-bond donors (Lipinski definition) is 3. The predicted molar refractivity (Wildman–Crippen MR) is 442 cm³/mol. The summed E-state index contributed by atoms with van der Waals surface area (Å²) >= 11 is 0. The van der Waals surface area contributed by atoms with Crippen LogP contribution in [0.5, 0.6) is 0 Å². The minimum atomic E-state index is -4.97. The van der Waals surface area contributed by atoms with Gasteiger partial charge in [0.15, 0.2) is 12.2 Å². The lowest BCUT2D eigenvalue weighted by Crippen LogP contribution is -2.30. The van der Waals surface area contributed by atoms with E-state index in [0.717, 1.165) is 102 Å². The second-order valence-electron chi connectivity index (χ2n) is 31.9. The van der Waals surface area contributed by atoms with Crippen LogP contribution in [0.25, 0.3) is 0 Å². The predicted octanol–water partition coefficient (Wildman–Crippen LogP) is 27.2. The van der Waals surface area contributed by atoms with Crippen LogP contribution >= 0.6 is 15.6 Å². The summed E-state index contributed by atoms with van der Waals surface area (Å²) in [5.74, 6) is -1.37. The average molecular weight is 1560 g/mol. The minimum Gasteiger partial charge on any atom is -0.462 e. The molecule has 6 atom stereocenters. The number of hydrogen-bond acceptors (Lipinski definition) is 15. The van der Waals surface area contributed by atoms with E-state index < -0.39 is 97.5 Å². The van der Waals surface area contributed by atoms with Gasteiger partial charge >= 0.3 is 39.5 Å². The molecule has 3 N–H and O–H groups in total. The minimum absolute atomic E-state index is 0.108. The zero-order valence-corrected chi connectivity index (χ0v) is 72.1. The summed E-state index contributed by atoms with van der Waals surface area (Å²) in [4.78, 5) is 73.3. The Hall–Kier alpha value is -1.94. The fraction of sp³-hybridized carbons (Fsp3) is 0.955. The van der Waals surface area contributed by atoms with Gasteiger partial charge in [0.2, 0.25) is 0 Å². The molecular weight excluding hydrogens is 1390 g/mol. The van der Waals surface area contributed by atoms with Gasteiger partial charge in [-0.15, -0.1) is 0 Å². The van der Waals surface area contributed by atoms with Crippen molar-refractivity contribution in [1.29, 1.82) is 0 Å². The molecule has 0 aliphatic rings. The van der Waals surface area contributed by atoms with Crippen LogP contribution in [-0.2, 0) is 65.4 Å². The monoisotopic (exact) mass is 1560 g/mol. The van der Waals surface area contributed by atoms with E-state index in [1.54, 1.807) is 0 Å². The summed E-state index contributed by atoms with van der Waals surface area (Å²) in [6.07, 6.45) is 75.2. The second kappa shape index (κ2) is 80.7. The van der Waals surface area contributed by atoms with E-state index in [9.17, 15) is 43.2 Å². The molecule has 17 nitrogen and oxygen atoms in total. The molecule has 0 aliphatic carbocycles. The van der Waals surface area contributed by atoms with Crippen molar-refractivity contribution in [1.82, 2.24) is 0 Å². The van der Waals surface area contributed by atoms with E-state index in [1.807, 2.05) is 0 Å². The fourth-order valence-electron chi connectivity index (χ4n) is 13.8. The van der Waals surface area contributed by atoms with Crippen molar-refractivity contribution in [2.45, 2.75) is 496 Å². The highest BCUT2D eigenvalue weighted by molar-refractivity contribution is 7.47. The SMILES string of the molecule is CCCCCCCCCCCCCCCCCCCCCCCC(=O)O[C@H](COC(=O)CCCCCCCCCCCCCCCCCCCCC)COP(=O)(O)OC[C@@H](O)COP(=O)(O)OC[C@@H](COC(=O)CCCCCCCCC(C)CC)OC(=O)CCCCCCCCCCCCCCCCCCC. The van der Waals surface area contributed by atoms with Gasteiger partial charge in [-0.25, -0.2) is 9.13 Å². The van der Waals surface area contributed by atoms with Gasteiger partial charge in [0, 0.05) is 25.7 Å². The van der Waals surface area contributed by atoms with E-state index in [1.165, 1.54) is 295 Å². The molecule has 0 saturated heterocycles. The van der Waals surface area contributed by atoms with Gasteiger partial charge in [-0.3, -0.25) is 37.3 Å². The lowest BCUT2D eigenvalue weighted by Gasteiger charge is -2.21. The van der Waals surface area contributed by atoms with Crippen molar-refractivity contribution >= 4 is 39.5 Å². The van der Waals surface area contributed by atoms with Gasteiger partial charge in [0.1, 0.15) is 19.3 Å². The largest absolute Gasteiger partial charge is 0.472 e. The molecule has 0 heterocycles. The molecule has 3 unspecified atom stereocenters. The van der Waals surface area contributed by atoms with Gasteiger partial charge in [0.25, 0.3) is 0 Å². The van der Waals surface area contributed by atoms with Crippen LogP contribution in [0.15, 0.2) is 0 Å². The average Bonchev–Trinajstić information content (AvgIpc) is 0.903. The number of aliphatic hydroxyl groups excluding tert-OH is 1. The number of unbranched alkanes of at least 4 members (excludes halogenated alkanes) is 59. The van der Waals surface area contributed by atoms with Crippen molar-refractivity contribution in [2.75, 3.05) is 39.6 Å². The smallest absolute Gasteiger partial charge is 0.462 e. The number of phosphoric acid groups is 2. The first-order chi connectivity index (χ1) is 52.1. The van der Waals surface area contributed by atoms with Crippen LogP contribution in [-0.4, -0.2) is 96.7 Å². The Morgan fingerprint density at radius 3 is 0.664 bits per heavy atom. The molecule has 0 fully saturated rings. The molecule has 0 radical (unpaired) electrons. The highest BCUT2D eigenvalue weighted by atomic mass is 31.2. The van der Waals surface area contributed by atoms with Gasteiger partial charge < -0.3 is 33.8 Å². The maximum atomic E-state index is 13.2. The topological polar surface area (TPSA) is 237 Å². The normalized spacial score (nSPS) is 14.0. The summed E-state index contributed by atoms with van der Waals surface area (Å²) < 4.78 is 69.0. The van der Waals surface area contributed by atoms with E-state index in [0.29, 0.717) is 25.7 Å². The Labute approximate surface area is 658 Å². The number of carbonyl (C=O) groups excluding carboxylic acids is 4. The summed E-state index contributed by atoms with van der Waals surface area (Å²) in [6, 6.07) is 0. The van der Waals surface area contributed by atoms with Gasteiger partial charge in [-0.1, -0.05) is 426 Å². The number of esters is 4. The van der Waals surface area contributed by atoms with Gasteiger partial charge in [0.05, 0.1) is 26.4 Å². The molecule has 0 aromatic rings. The fourth-order valence-corrected chi connectivity index (χ4v) is 15.4. The molecule has 636 valence electrons. The Balaban J connectivity index is 5.22. The summed E-state index contributed by atoms with van der Waals surface area (Å²) in [7, 11) is -9.93. The van der Waals surface area contributed by atoms with Gasteiger partial charge in [-0.05, 0) is 31.6 Å². The van der Waals surface area contributed by atoms with Crippen molar-refractivity contribution in [2.24, 2.45) is 5.92 Å². The molecule has 107 heavy (non-hydrogen) atoms. The van der Waals surface area contributed by atoms with E-state index in [-0.39, 0.29) is 25.7 Å². The van der Waals surface area contributed by atoms with E-state index in [2.05, 4.69) is 34.6 Å². The lowest BCUT2D eigenvalue weighted by atomic mass is 10.00. The van der Waals surface area contributed by atoms with E-state index >= 15 is 0 Å². The van der Waals surface area contributed by atoms with Gasteiger partial charge in [-0.2, -0.15) is 0 Å². The second-order valence-corrected chi connectivity index (χ2v) is 34.8. The summed E-state index contributed by atoms with van der Waals surface area (Å²) in [6.45, 7) is 7.34. The Morgan fingerprint density at radius 2 is 0.449 bits per heavy atom. The number of ether oxygens (including phenoxy) is 4. The number of carbonyl (C=O) groups is 4. The molecule has 0 rings (SSSR count). The molecule has 0 saturated carbocycles. The first kappa shape index (κ1) is 105. The van der Waals surface area contributed by atoms with Crippen molar-refractivity contribution in [3.63, 3.8) is 0 Å². The van der Waals surface area contributed by atoms with Crippen molar-refractivity contribution in [3.8, 4) is 0 Å². The quantitative estimate of drug-likeness (QED) is 0.0222. The maximum Gasteiger partial charge on any atom is 0.472 e. The zero-order valence-electron chi connectivity index (χ0n) is 70.3. The Morgan fingerprint density at radius 1 is 0.262 bits per heavy atom. The van der Waals surface area contributed by atoms with E-state index in [4.69, 9.17) is 37.0 Å². The Bertz CT molecular complexity index is 2030. The van der Waals surface area contributed by atoms with Crippen molar-refractivity contribution < 1.29 is 80.2 Å². The summed E-state index contributed by atoms with van der Waals surface area (Å²) in [5, 5.41) is 10.7. The Kier molecular flexibility index (Phi) is 79.2. The molecule has 0 aromatic heterocycles. The molecular formula is C88H172O17P2. The molecule has 0 aromatic carbocycles. The molecule has 0 bridgehead atoms. The third-order valence-corrected chi connectivity index (χ3v) is 23.0. The molecule has 0 spiro atoms. The van der Waals surface area contributed by atoms with Crippen LogP contribution < -0.4 is 0 Å². The highest BCUT2D eigenvalue weighted by Gasteiger charge is 2.30. The zero-order chi connectivity index (χ0) is 78.3. The number of phosphoric ester groups is 2. The van der Waals surface area contributed by atoms with Crippen LogP contribution in [0, 0.1) is 5.92 Å². The third-order valence-electron chi connectivity index (χ3n) is 21.1. The third kappa shape index (κ3) is 80.5. The molecule has 0 aliphatic heterocycles. The van der Waals surface area contributed by atoms with Crippen LogP contribution in [0.2, 0.25) is 0 Å². The first-order valence-electron chi connectivity index (χ1n) is 45.7. The molecule has 19 heteroatoms. The number of aliphatic hydroxyl groups is 1. The number of rotatable bonds is 88. The van der Waals surface area contributed by atoms with Crippen LogP contribution in [0.3, 0.4) is 0 Å². The van der Waals surface area contributed by atoms with Crippen LogP contribution in [0.4, 0.5) is 0 Å². The maximum absolute atomic E-state index is 13.2. The standard InChI is InChI=1S/C88H172O17P2/c1-6-10-13-16-19-22-25-28-31-34-36-37-39-42-45-48-51-54-57-64-68-73-87(92)104-83(77-98-85(90)71-66-61-55-52-49-46-43-41-38-35-32-29-26-23-20-17-14-11-7-2)79-102-106(94,95)100-75-82(89)76-101-107(96,97)103-80-84(78-99-86(91)72-67-62-59-58-60-65-70-81(5)9-4)105-88(93)74-69-63-56-53-50-47-44-40-33-30-27-24-21-18-15-12-8-3/h81-84,89H,6-80H2,1-5H3,(H,94,95)(H,96,97)/t81?,82-,83-,84-/m1/s1. The summed E-state index contributed by atoms with van der Waals surface area (Å²) in [5.41, 5.74) is 0. The first-order valence-corrected chi connectivity index (χ1v) is 48.7. The molecule has 0 amide bonds. The highest BCUT2D eigenvalue weighted by Crippen LogP contribution is 2.45. The van der Waals surface area contributed by atoms with Crippen molar-refractivity contribution in [3.05, 3.63) is 0 Å². The lowest BCUT2D eigenvalue weighted by molar-refractivity contribution is -0.161. The van der Waals surface area contributed by atoms with Crippen LogP contribution in [0.1, 0.15) is 478 Å².